The molecule has 0 heterocycles. The number of benzene rings is 2. The second-order valence-electron chi connectivity index (χ2n) is 5.21. The molecule has 5 heteroatoms. The number of nitrogens with zero attached hydrogens (tertiary/aromatic N) is 1. The van der Waals surface area contributed by atoms with Gasteiger partial charge in [-0.1, -0.05) is 24.3 Å². The lowest BCUT2D eigenvalue weighted by Gasteiger charge is -2.27. The summed E-state index contributed by atoms with van der Waals surface area (Å²) < 4.78 is 0.879. The second-order valence-corrected chi connectivity index (χ2v) is 6.37. The van der Waals surface area contributed by atoms with Crippen LogP contribution in [0.2, 0.25) is 0 Å². The molecule has 1 aliphatic rings. The zero-order chi connectivity index (χ0) is 14.8. The molecule has 3 rings (SSSR count). The number of non-ortho nitro benzene ring substituents is 1. The summed E-state index contributed by atoms with van der Waals surface area (Å²) in [7, 11) is 0. The zero-order valence-corrected chi connectivity index (χ0v) is 13.5. The number of halogens is 1. The Bertz CT molecular complexity index is 688. The number of fused-ring (bicyclic) bond motifs is 1. The van der Waals surface area contributed by atoms with E-state index in [1.807, 2.05) is 0 Å². The highest BCUT2D eigenvalue weighted by Gasteiger charge is 2.20. The van der Waals surface area contributed by atoms with E-state index in [0.717, 1.165) is 28.5 Å². The quantitative estimate of drug-likeness (QED) is 0.467. The number of aryl methyl sites for hydroxylation is 1. The molecule has 0 aromatic heterocycles. The van der Waals surface area contributed by atoms with Crippen molar-refractivity contribution in [3.63, 3.8) is 0 Å². The Morgan fingerprint density at radius 2 is 2.05 bits per heavy atom. The maximum absolute atomic E-state index is 10.8. The van der Waals surface area contributed by atoms with Gasteiger partial charge in [0.05, 0.1) is 11.0 Å². The first kappa shape index (κ1) is 14.3. The third-order valence-electron chi connectivity index (χ3n) is 3.86. The molecule has 0 aliphatic heterocycles. The molecule has 1 unspecified atom stereocenters. The van der Waals surface area contributed by atoms with Crippen LogP contribution >= 0.6 is 22.6 Å². The summed E-state index contributed by atoms with van der Waals surface area (Å²) in [5, 5.41) is 14.3. The Hall–Kier alpha value is -1.63. The van der Waals surface area contributed by atoms with Crippen molar-refractivity contribution >= 4 is 34.0 Å². The summed E-state index contributed by atoms with van der Waals surface area (Å²) in [6.45, 7) is 0. The van der Waals surface area contributed by atoms with Crippen LogP contribution < -0.4 is 5.32 Å². The van der Waals surface area contributed by atoms with E-state index in [1.165, 1.54) is 11.1 Å². The number of anilines is 1. The molecule has 108 valence electrons. The van der Waals surface area contributed by atoms with Crippen molar-refractivity contribution in [2.45, 2.75) is 25.3 Å². The highest BCUT2D eigenvalue weighted by Crippen LogP contribution is 2.34. The van der Waals surface area contributed by atoms with Crippen LogP contribution in [-0.4, -0.2) is 4.92 Å². The van der Waals surface area contributed by atoms with Crippen molar-refractivity contribution in [2.24, 2.45) is 0 Å². The topological polar surface area (TPSA) is 55.2 Å². The van der Waals surface area contributed by atoms with Gasteiger partial charge in [0.15, 0.2) is 0 Å². The van der Waals surface area contributed by atoms with Gasteiger partial charge >= 0.3 is 0 Å². The number of hydrogen-bond acceptors (Lipinski definition) is 3. The Kier molecular flexibility index (Phi) is 4.10. The normalized spacial score (nSPS) is 17.1. The van der Waals surface area contributed by atoms with Gasteiger partial charge in [-0.05, 0) is 59.0 Å². The second kappa shape index (κ2) is 6.01. The lowest BCUT2D eigenvalue weighted by atomic mass is 9.87. The number of rotatable bonds is 3. The smallest absolute Gasteiger partial charge is 0.270 e. The van der Waals surface area contributed by atoms with E-state index >= 15 is 0 Å². The molecule has 1 atom stereocenters. The molecule has 2 aromatic carbocycles. The molecular weight excluding hydrogens is 379 g/mol. The molecule has 1 aliphatic carbocycles. The largest absolute Gasteiger partial charge is 0.377 e. The van der Waals surface area contributed by atoms with Crippen molar-refractivity contribution in [2.75, 3.05) is 5.32 Å². The molecule has 0 radical (unpaired) electrons. The van der Waals surface area contributed by atoms with E-state index in [-0.39, 0.29) is 16.7 Å². The van der Waals surface area contributed by atoms with Crippen molar-refractivity contribution in [1.29, 1.82) is 0 Å². The molecule has 0 bridgehead atoms. The van der Waals surface area contributed by atoms with Crippen LogP contribution in [-0.2, 0) is 6.42 Å². The highest BCUT2D eigenvalue weighted by atomic mass is 127. The van der Waals surface area contributed by atoms with Crippen molar-refractivity contribution in [3.05, 3.63) is 67.3 Å². The lowest BCUT2D eigenvalue weighted by molar-refractivity contribution is -0.384. The standard InChI is InChI=1S/C16H15IN2O2/c17-14-10-12(19(20)21)8-9-16(14)18-15-7-3-5-11-4-1-2-6-13(11)15/h1-2,4,6,8-10,15,18H,3,5,7H2. The van der Waals surface area contributed by atoms with Crippen LogP contribution in [0.25, 0.3) is 0 Å². The van der Waals surface area contributed by atoms with E-state index in [0.29, 0.717) is 0 Å². The molecule has 0 amide bonds. The van der Waals surface area contributed by atoms with Crippen molar-refractivity contribution < 1.29 is 4.92 Å². The van der Waals surface area contributed by atoms with Gasteiger partial charge in [-0.3, -0.25) is 10.1 Å². The summed E-state index contributed by atoms with van der Waals surface area (Å²) in [6.07, 6.45) is 3.38. The minimum Gasteiger partial charge on any atom is -0.377 e. The van der Waals surface area contributed by atoms with Crippen LogP contribution in [0, 0.1) is 13.7 Å². The number of nitrogens with one attached hydrogen (secondary N) is 1. The maximum Gasteiger partial charge on any atom is 0.270 e. The van der Waals surface area contributed by atoms with Gasteiger partial charge in [0.2, 0.25) is 0 Å². The molecule has 2 aromatic rings. The molecular formula is C16H15IN2O2. The van der Waals surface area contributed by atoms with Gasteiger partial charge in [0.25, 0.3) is 5.69 Å². The Morgan fingerprint density at radius 1 is 1.24 bits per heavy atom. The molecule has 21 heavy (non-hydrogen) atoms. The van der Waals surface area contributed by atoms with Crippen LogP contribution in [0.15, 0.2) is 42.5 Å². The number of hydrogen-bond donors (Lipinski definition) is 1. The van der Waals surface area contributed by atoms with E-state index in [4.69, 9.17) is 0 Å². The molecule has 0 fully saturated rings. The average Bonchev–Trinajstić information content (AvgIpc) is 2.49. The van der Waals surface area contributed by atoms with Gasteiger partial charge in [-0.2, -0.15) is 0 Å². The zero-order valence-electron chi connectivity index (χ0n) is 11.4. The third kappa shape index (κ3) is 3.02. The number of nitro groups is 1. The Morgan fingerprint density at radius 3 is 2.81 bits per heavy atom. The van der Waals surface area contributed by atoms with Crippen molar-refractivity contribution in [1.82, 2.24) is 0 Å². The van der Waals surface area contributed by atoms with Crippen LogP contribution in [0.1, 0.15) is 30.0 Å². The van der Waals surface area contributed by atoms with Crippen LogP contribution in [0.4, 0.5) is 11.4 Å². The number of nitro benzene ring substituents is 1. The lowest BCUT2D eigenvalue weighted by Crippen LogP contribution is -2.17. The first-order chi connectivity index (χ1) is 10.1. The van der Waals surface area contributed by atoms with E-state index in [9.17, 15) is 10.1 Å². The first-order valence-electron chi connectivity index (χ1n) is 6.93. The van der Waals surface area contributed by atoms with Gasteiger partial charge < -0.3 is 5.32 Å². The fourth-order valence-corrected chi connectivity index (χ4v) is 3.48. The van der Waals surface area contributed by atoms with Gasteiger partial charge in [-0.15, -0.1) is 0 Å². The van der Waals surface area contributed by atoms with Gasteiger partial charge in [0.1, 0.15) is 0 Å². The Labute approximate surface area is 136 Å². The minimum absolute atomic E-state index is 0.133. The van der Waals surface area contributed by atoms with E-state index in [2.05, 4.69) is 52.2 Å². The monoisotopic (exact) mass is 394 g/mol. The average molecular weight is 394 g/mol. The molecule has 0 spiro atoms. The summed E-state index contributed by atoms with van der Waals surface area (Å²) >= 11 is 2.15. The van der Waals surface area contributed by atoms with Crippen LogP contribution in [0.3, 0.4) is 0 Å². The predicted octanol–water partition coefficient (Wildman–Crippen LogP) is 4.69. The summed E-state index contributed by atoms with van der Waals surface area (Å²) in [4.78, 5) is 10.4. The van der Waals surface area contributed by atoms with Crippen molar-refractivity contribution in [3.8, 4) is 0 Å². The van der Waals surface area contributed by atoms with Gasteiger partial charge in [-0.25, -0.2) is 0 Å². The summed E-state index contributed by atoms with van der Waals surface area (Å²) in [6, 6.07) is 13.8. The SMILES string of the molecule is O=[N+]([O-])c1ccc(NC2CCCc3ccccc32)c(I)c1. The van der Waals surface area contributed by atoms with E-state index in [1.54, 1.807) is 18.2 Å². The van der Waals surface area contributed by atoms with E-state index < -0.39 is 0 Å². The molecule has 1 N–H and O–H groups in total. The first-order valence-corrected chi connectivity index (χ1v) is 8.01. The Balaban J connectivity index is 1.86. The third-order valence-corrected chi connectivity index (χ3v) is 4.76. The fourth-order valence-electron chi connectivity index (χ4n) is 2.83. The highest BCUT2D eigenvalue weighted by molar-refractivity contribution is 14.1. The maximum atomic E-state index is 10.8. The molecule has 4 nitrogen and oxygen atoms in total. The molecule has 0 saturated heterocycles. The summed E-state index contributed by atoms with van der Waals surface area (Å²) in [5.74, 6) is 0. The van der Waals surface area contributed by atoms with Gasteiger partial charge in [0, 0.05) is 21.4 Å². The summed E-state index contributed by atoms with van der Waals surface area (Å²) in [5.41, 5.74) is 3.84. The van der Waals surface area contributed by atoms with Crippen LogP contribution in [0.5, 0.6) is 0 Å². The predicted molar refractivity (Wildman–Crippen MR) is 91.6 cm³/mol. The minimum atomic E-state index is -0.359. The fraction of sp³-hybridized carbons (Fsp3) is 0.250. The molecule has 0 saturated carbocycles.